The van der Waals surface area contributed by atoms with Crippen molar-refractivity contribution in [2.45, 2.75) is 6.54 Å². The fourth-order valence-electron chi connectivity index (χ4n) is 1.30. The molecule has 0 spiro atoms. The highest BCUT2D eigenvalue weighted by Gasteiger charge is 1.98. The SMILES string of the molecule is O=c1cc(Cl)ncn1Cc1ccccc1. The summed E-state index contributed by atoms with van der Waals surface area (Å²) >= 11 is 5.60. The second-order valence-corrected chi connectivity index (χ2v) is 3.55. The summed E-state index contributed by atoms with van der Waals surface area (Å²) in [4.78, 5) is 15.3. The second-order valence-electron chi connectivity index (χ2n) is 3.16. The van der Waals surface area contributed by atoms with E-state index in [1.807, 2.05) is 30.3 Å². The van der Waals surface area contributed by atoms with Gasteiger partial charge in [-0.25, -0.2) is 4.98 Å². The average molecular weight is 221 g/mol. The van der Waals surface area contributed by atoms with Crippen LogP contribution in [0.1, 0.15) is 5.56 Å². The van der Waals surface area contributed by atoms with Crippen molar-refractivity contribution < 1.29 is 0 Å². The molecule has 0 saturated heterocycles. The smallest absolute Gasteiger partial charge is 0.255 e. The van der Waals surface area contributed by atoms with Crippen LogP contribution in [-0.4, -0.2) is 9.55 Å². The van der Waals surface area contributed by atoms with E-state index in [4.69, 9.17) is 11.6 Å². The lowest BCUT2D eigenvalue weighted by Crippen LogP contribution is -2.19. The summed E-state index contributed by atoms with van der Waals surface area (Å²) in [5.74, 6) is 0. The summed E-state index contributed by atoms with van der Waals surface area (Å²) < 4.78 is 1.52. The minimum absolute atomic E-state index is 0.140. The molecule has 0 unspecified atom stereocenters. The molecule has 0 bridgehead atoms. The van der Waals surface area contributed by atoms with Crippen LogP contribution in [-0.2, 0) is 6.54 Å². The first-order valence-corrected chi connectivity index (χ1v) is 4.89. The first-order valence-electron chi connectivity index (χ1n) is 4.51. The van der Waals surface area contributed by atoms with Gasteiger partial charge in [0.2, 0.25) is 0 Å². The van der Waals surface area contributed by atoms with Crippen molar-refractivity contribution in [3.05, 3.63) is 63.8 Å². The summed E-state index contributed by atoms with van der Waals surface area (Å²) in [6.45, 7) is 0.518. The fourth-order valence-corrected chi connectivity index (χ4v) is 1.44. The molecular formula is C11H9ClN2O. The van der Waals surface area contributed by atoms with Crippen molar-refractivity contribution in [2.75, 3.05) is 0 Å². The van der Waals surface area contributed by atoms with Crippen LogP contribution >= 0.6 is 11.6 Å². The van der Waals surface area contributed by atoms with Gasteiger partial charge in [0.25, 0.3) is 5.56 Å². The fraction of sp³-hybridized carbons (Fsp3) is 0.0909. The van der Waals surface area contributed by atoms with Gasteiger partial charge in [-0.15, -0.1) is 0 Å². The van der Waals surface area contributed by atoms with Crippen molar-refractivity contribution in [2.24, 2.45) is 0 Å². The zero-order valence-electron chi connectivity index (χ0n) is 7.93. The zero-order chi connectivity index (χ0) is 10.7. The first kappa shape index (κ1) is 9.93. The van der Waals surface area contributed by atoms with Crippen molar-refractivity contribution in [1.29, 1.82) is 0 Å². The van der Waals surface area contributed by atoms with Gasteiger partial charge in [0.1, 0.15) is 5.15 Å². The molecule has 1 aromatic carbocycles. The summed E-state index contributed by atoms with van der Waals surface area (Å²) in [6.07, 6.45) is 1.46. The molecule has 1 aromatic heterocycles. The normalized spacial score (nSPS) is 10.2. The number of benzene rings is 1. The molecule has 0 aliphatic heterocycles. The quantitative estimate of drug-likeness (QED) is 0.725. The molecule has 0 amide bonds. The number of halogens is 1. The summed E-state index contributed by atoms with van der Waals surface area (Å²) in [7, 11) is 0. The molecule has 2 rings (SSSR count). The van der Waals surface area contributed by atoms with Gasteiger partial charge in [0.05, 0.1) is 12.9 Å². The van der Waals surface area contributed by atoms with Crippen LogP contribution in [0.25, 0.3) is 0 Å². The maximum Gasteiger partial charge on any atom is 0.255 e. The largest absolute Gasteiger partial charge is 0.295 e. The average Bonchev–Trinajstić information content (AvgIpc) is 2.24. The third-order valence-corrected chi connectivity index (χ3v) is 2.25. The molecule has 0 saturated carbocycles. The molecule has 0 N–H and O–H groups in total. The van der Waals surface area contributed by atoms with Gasteiger partial charge < -0.3 is 0 Å². The Bertz CT molecular complexity index is 507. The number of hydrogen-bond donors (Lipinski definition) is 0. The molecule has 0 atom stereocenters. The van der Waals surface area contributed by atoms with E-state index < -0.39 is 0 Å². The molecule has 1 heterocycles. The van der Waals surface area contributed by atoms with E-state index >= 15 is 0 Å². The van der Waals surface area contributed by atoms with Crippen LogP contribution < -0.4 is 5.56 Å². The van der Waals surface area contributed by atoms with Crippen LogP contribution in [0.4, 0.5) is 0 Å². The van der Waals surface area contributed by atoms with Gasteiger partial charge in [0, 0.05) is 6.07 Å². The van der Waals surface area contributed by atoms with Crippen molar-refractivity contribution in [3.8, 4) is 0 Å². The topological polar surface area (TPSA) is 34.9 Å². The highest BCUT2D eigenvalue weighted by molar-refractivity contribution is 6.29. The maximum atomic E-state index is 11.5. The molecule has 15 heavy (non-hydrogen) atoms. The van der Waals surface area contributed by atoms with E-state index in [1.165, 1.54) is 17.0 Å². The first-order chi connectivity index (χ1) is 7.25. The van der Waals surface area contributed by atoms with Crippen LogP contribution in [0.15, 0.2) is 47.5 Å². The van der Waals surface area contributed by atoms with E-state index in [-0.39, 0.29) is 10.7 Å². The Morgan fingerprint density at radius 1 is 1.27 bits per heavy atom. The molecular weight excluding hydrogens is 212 g/mol. The Balaban J connectivity index is 2.29. The van der Waals surface area contributed by atoms with Gasteiger partial charge in [0.15, 0.2) is 0 Å². The molecule has 2 aromatic rings. The molecule has 0 fully saturated rings. The molecule has 3 nitrogen and oxygen atoms in total. The van der Waals surface area contributed by atoms with Gasteiger partial charge in [-0.2, -0.15) is 0 Å². The Hall–Kier alpha value is -1.61. The Morgan fingerprint density at radius 2 is 2.00 bits per heavy atom. The standard InChI is InChI=1S/C11H9ClN2O/c12-10-6-11(15)14(8-13-10)7-9-4-2-1-3-5-9/h1-6,8H,7H2. The summed E-state index contributed by atoms with van der Waals surface area (Å²) in [6, 6.07) is 11.0. The van der Waals surface area contributed by atoms with Crippen LogP contribution in [0, 0.1) is 0 Å². The number of rotatable bonds is 2. The third-order valence-electron chi connectivity index (χ3n) is 2.04. The van der Waals surface area contributed by atoms with Crippen molar-refractivity contribution in [3.63, 3.8) is 0 Å². The Kier molecular flexibility index (Phi) is 2.83. The van der Waals surface area contributed by atoms with E-state index in [0.717, 1.165) is 5.56 Å². The number of hydrogen-bond acceptors (Lipinski definition) is 2. The Morgan fingerprint density at radius 3 is 2.67 bits per heavy atom. The monoisotopic (exact) mass is 220 g/mol. The second kappa shape index (κ2) is 4.28. The lowest BCUT2D eigenvalue weighted by Gasteiger charge is -2.04. The molecule has 0 radical (unpaired) electrons. The highest BCUT2D eigenvalue weighted by atomic mass is 35.5. The van der Waals surface area contributed by atoms with Crippen molar-refractivity contribution >= 4 is 11.6 Å². The highest BCUT2D eigenvalue weighted by Crippen LogP contribution is 2.01. The lowest BCUT2D eigenvalue weighted by atomic mass is 10.2. The Labute approximate surface area is 92.0 Å². The van der Waals surface area contributed by atoms with Gasteiger partial charge in [-0.1, -0.05) is 41.9 Å². The molecule has 0 aliphatic carbocycles. The lowest BCUT2D eigenvalue weighted by molar-refractivity contribution is 0.736. The van der Waals surface area contributed by atoms with Gasteiger partial charge >= 0.3 is 0 Å². The van der Waals surface area contributed by atoms with Crippen molar-refractivity contribution in [1.82, 2.24) is 9.55 Å². The number of nitrogens with zero attached hydrogens (tertiary/aromatic N) is 2. The third kappa shape index (κ3) is 2.44. The number of aromatic nitrogens is 2. The van der Waals surface area contributed by atoms with Crippen LogP contribution in [0.5, 0.6) is 0 Å². The van der Waals surface area contributed by atoms with Gasteiger partial charge in [-0.3, -0.25) is 9.36 Å². The van der Waals surface area contributed by atoms with Gasteiger partial charge in [-0.05, 0) is 5.56 Å². The minimum Gasteiger partial charge on any atom is -0.295 e. The maximum absolute atomic E-state index is 11.5. The molecule has 76 valence electrons. The molecule has 0 aliphatic rings. The van der Waals surface area contributed by atoms with Crippen LogP contribution in [0.2, 0.25) is 5.15 Å². The van der Waals surface area contributed by atoms with E-state index in [0.29, 0.717) is 6.54 Å². The predicted octanol–water partition coefficient (Wildman–Crippen LogP) is 1.95. The summed E-state index contributed by atoms with van der Waals surface area (Å²) in [5, 5.41) is 0.226. The van der Waals surface area contributed by atoms with E-state index in [2.05, 4.69) is 4.98 Å². The van der Waals surface area contributed by atoms with E-state index in [9.17, 15) is 4.79 Å². The van der Waals surface area contributed by atoms with Crippen LogP contribution in [0.3, 0.4) is 0 Å². The summed E-state index contributed by atoms with van der Waals surface area (Å²) in [5.41, 5.74) is 0.919. The minimum atomic E-state index is -0.140. The van der Waals surface area contributed by atoms with E-state index in [1.54, 1.807) is 0 Å². The molecule has 4 heteroatoms. The predicted molar refractivity (Wildman–Crippen MR) is 59.1 cm³/mol. The zero-order valence-corrected chi connectivity index (χ0v) is 8.69.